The van der Waals surface area contributed by atoms with Crippen molar-refractivity contribution in [3.63, 3.8) is 0 Å². The van der Waals surface area contributed by atoms with Gasteiger partial charge < -0.3 is 0 Å². The van der Waals surface area contributed by atoms with Crippen molar-refractivity contribution in [3.05, 3.63) is 0 Å². The fourth-order valence-electron chi connectivity index (χ4n) is 0. The van der Waals surface area contributed by atoms with Gasteiger partial charge in [-0.15, -0.1) is 12.4 Å². The number of hydrogen-bond acceptors (Lipinski definition) is 0. The molecule has 0 saturated heterocycles. The summed E-state index contributed by atoms with van der Waals surface area (Å²) in [4.78, 5) is 0. The molecule has 4 heavy (non-hydrogen) atoms. The van der Waals surface area contributed by atoms with E-state index in [4.69, 9.17) is 0 Å². The maximum absolute atomic E-state index is 0. The first-order valence-electron chi connectivity index (χ1n) is 0. The molecule has 0 spiro atoms. The Morgan fingerprint density at radius 2 is 1.00 bits per heavy atom. The molecule has 0 bridgehead atoms. The third-order valence-electron chi connectivity index (χ3n) is 0. The molecule has 0 aliphatic rings. The van der Waals surface area contributed by atoms with Crippen LogP contribution in [0.5, 0.6) is 0 Å². The Bertz CT molecular complexity index is 8.00. The Hall–Kier alpha value is 1.95. The molecule has 0 amide bonds. The quantitative estimate of drug-likeness (QED) is 0.520. The molecule has 4 heteroatoms. The topological polar surface area (TPSA) is 0 Å². The first-order valence-corrected chi connectivity index (χ1v) is 0. The Morgan fingerprint density at radius 1 is 1.00 bits per heavy atom. The van der Waals surface area contributed by atoms with E-state index in [1.165, 1.54) is 0 Å². The predicted molar refractivity (Wildman–Crippen MR) is 7.25 cm³/mol. The molecule has 0 aromatic rings. The van der Waals surface area contributed by atoms with Crippen molar-refractivity contribution < 1.29 is 53.6 Å². The third-order valence-corrected chi connectivity index (χ3v) is 0. The Kier molecular flexibility index (Phi) is 194. The van der Waals surface area contributed by atoms with Crippen LogP contribution in [0.4, 0.5) is 0 Å². The maximum Gasteiger partial charge on any atom is 0 e. The van der Waals surface area contributed by atoms with Gasteiger partial charge in [0.15, 0.2) is 0 Å². The minimum Gasteiger partial charge on any atom is -0.147 e. The van der Waals surface area contributed by atoms with E-state index in [9.17, 15) is 0 Å². The fourth-order valence-corrected chi connectivity index (χ4v) is 0. The maximum atomic E-state index is 0. The Morgan fingerprint density at radius 3 is 1.00 bits per heavy atom. The molecule has 0 aliphatic carbocycles. The van der Waals surface area contributed by atoms with Crippen molar-refractivity contribution >= 4 is 12.4 Å². The summed E-state index contributed by atoms with van der Waals surface area (Å²) in [5, 5.41) is 0. The first-order chi connectivity index (χ1) is 0. The third kappa shape index (κ3) is 9.04. The van der Waals surface area contributed by atoms with Crippen LogP contribution in [0.1, 0.15) is 0 Å². The van der Waals surface area contributed by atoms with Crippen LogP contribution in [0.2, 0.25) is 0 Å². The summed E-state index contributed by atoms with van der Waals surface area (Å²) in [5.74, 6) is 0. The van der Waals surface area contributed by atoms with Gasteiger partial charge in [-0.3, -0.25) is 0 Å². The van der Waals surface area contributed by atoms with Gasteiger partial charge in [0.25, 0.3) is 0 Å². The zero-order valence-electron chi connectivity index (χ0n) is 1.77. The molecule has 0 aliphatic heterocycles. The second-order valence-corrected chi connectivity index (χ2v) is 0. The molecular formula is HClCuFeZn. The van der Waals surface area contributed by atoms with E-state index in [-0.39, 0.29) is 66.0 Å². The fraction of sp³-hybridized carbons (Fsp3) is 0. The van der Waals surface area contributed by atoms with Gasteiger partial charge in [-0.05, 0) is 0 Å². The van der Waals surface area contributed by atoms with Gasteiger partial charge in [-0.25, -0.2) is 0 Å². The van der Waals surface area contributed by atoms with Gasteiger partial charge in [0.05, 0.1) is 0 Å². The normalized spacial score (nSPS) is 0. The van der Waals surface area contributed by atoms with Crippen LogP contribution in [0.15, 0.2) is 0 Å². The van der Waals surface area contributed by atoms with E-state index in [1.807, 2.05) is 0 Å². The molecule has 0 aromatic heterocycles. The second kappa shape index (κ2) is 20.3. The smallest absolute Gasteiger partial charge is 0 e. The van der Waals surface area contributed by atoms with Crippen LogP contribution in [0.3, 0.4) is 0 Å². The molecule has 0 rings (SSSR count). The van der Waals surface area contributed by atoms with E-state index < -0.39 is 0 Å². The molecule has 1 radical (unpaired) electrons. The number of hydrogen-bond donors (Lipinski definition) is 0. The van der Waals surface area contributed by atoms with Crippen molar-refractivity contribution in [2.24, 2.45) is 0 Å². The average Bonchev–Trinajstić information content (AvgIpc) is 0. The molecule has 0 saturated carbocycles. The van der Waals surface area contributed by atoms with Gasteiger partial charge in [0, 0.05) is 53.6 Å². The van der Waals surface area contributed by atoms with E-state index in [0.717, 1.165) is 0 Å². The summed E-state index contributed by atoms with van der Waals surface area (Å²) < 4.78 is 0. The minimum atomic E-state index is 0. The molecule has 0 nitrogen and oxygen atoms in total. The van der Waals surface area contributed by atoms with Gasteiger partial charge in [-0.1, -0.05) is 0 Å². The minimum absolute atomic E-state index is 0. The zero-order chi connectivity index (χ0) is 0. The molecule has 0 heterocycles. The van der Waals surface area contributed by atoms with Gasteiger partial charge in [-0.2, -0.15) is 0 Å². The van der Waals surface area contributed by atoms with Crippen molar-refractivity contribution in [2.45, 2.75) is 0 Å². The molecule has 0 aromatic carbocycles. The Balaban J connectivity index is 0. The van der Waals surface area contributed by atoms with Gasteiger partial charge >= 0.3 is 0 Å². The average molecular weight is 221 g/mol. The van der Waals surface area contributed by atoms with Crippen LogP contribution in [-0.4, -0.2) is 0 Å². The molecule has 0 unspecified atom stereocenters. The van der Waals surface area contributed by atoms with Crippen molar-refractivity contribution in [2.75, 3.05) is 0 Å². The van der Waals surface area contributed by atoms with Crippen LogP contribution < -0.4 is 0 Å². The van der Waals surface area contributed by atoms with E-state index in [0.29, 0.717) is 0 Å². The SMILES string of the molecule is Cl.[Cu].[Fe].[Zn]. The number of halogens is 1. The predicted octanol–water partition coefficient (Wildman–Crippen LogP) is 0.414. The molecule has 0 fully saturated rings. The standard InChI is InChI=1S/ClH.Cu.Fe.Zn/h1H;;;. The van der Waals surface area contributed by atoms with Crippen LogP contribution in [0, 0.1) is 0 Å². The summed E-state index contributed by atoms with van der Waals surface area (Å²) in [5.41, 5.74) is 0. The van der Waals surface area contributed by atoms with Crippen LogP contribution in [-0.2, 0) is 53.6 Å². The summed E-state index contributed by atoms with van der Waals surface area (Å²) in [6.07, 6.45) is 0. The van der Waals surface area contributed by atoms with Crippen molar-refractivity contribution in [3.8, 4) is 0 Å². The van der Waals surface area contributed by atoms with E-state index >= 15 is 0 Å². The van der Waals surface area contributed by atoms with Crippen molar-refractivity contribution in [1.82, 2.24) is 0 Å². The van der Waals surface area contributed by atoms with E-state index in [2.05, 4.69) is 0 Å². The zero-order valence-corrected chi connectivity index (χ0v) is 7.60. The molecule has 29 valence electrons. The van der Waals surface area contributed by atoms with Crippen LogP contribution >= 0.6 is 12.4 Å². The summed E-state index contributed by atoms with van der Waals surface area (Å²) in [6, 6.07) is 0. The number of rotatable bonds is 0. The van der Waals surface area contributed by atoms with Crippen molar-refractivity contribution in [1.29, 1.82) is 0 Å². The van der Waals surface area contributed by atoms with E-state index in [1.54, 1.807) is 0 Å². The van der Waals surface area contributed by atoms with Crippen LogP contribution in [0.25, 0.3) is 0 Å². The first kappa shape index (κ1) is 38.3. The summed E-state index contributed by atoms with van der Waals surface area (Å²) in [6.45, 7) is 0. The van der Waals surface area contributed by atoms with Gasteiger partial charge in [0.2, 0.25) is 0 Å². The van der Waals surface area contributed by atoms with Gasteiger partial charge in [0.1, 0.15) is 0 Å². The molecule has 0 N–H and O–H groups in total. The summed E-state index contributed by atoms with van der Waals surface area (Å²) >= 11 is 0. The largest absolute Gasteiger partial charge is 0.147 e. The monoisotopic (exact) mass is 219 g/mol. The second-order valence-electron chi connectivity index (χ2n) is 0. The summed E-state index contributed by atoms with van der Waals surface area (Å²) in [7, 11) is 0. The molecule has 0 atom stereocenters. The molecular weight excluding hydrogens is 220 g/mol. The Labute approximate surface area is 65.6 Å².